The van der Waals surface area contributed by atoms with Gasteiger partial charge in [-0.25, -0.2) is 18.2 Å². The number of nitrogens with one attached hydrogen (secondary N) is 1. The predicted molar refractivity (Wildman–Crippen MR) is 128 cm³/mol. The number of rotatable bonds is 10. The summed E-state index contributed by atoms with van der Waals surface area (Å²) in [5.41, 5.74) is 2.45. The molecule has 33 heavy (non-hydrogen) atoms. The Morgan fingerprint density at radius 2 is 2.15 bits per heavy atom. The molecule has 0 bridgehead atoms. The molecule has 1 aromatic heterocycles. The van der Waals surface area contributed by atoms with Gasteiger partial charge in [0.1, 0.15) is 0 Å². The number of hydrogen-bond donors (Lipinski definition) is 1. The first-order valence-electron chi connectivity index (χ1n) is 11.7. The summed E-state index contributed by atoms with van der Waals surface area (Å²) in [5, 5.41) is 2.91. The average Bonchev–Trinajstić information content (AvgIpc) is 3.37. The van der Waals surface area contributed by atoms with Gasteiger partial charge in [-0.15, -0.1) is 0 Å². The van der Waals surface area contributed by atoms with E-state index in [1.165, 1.54) is 0 Å². The van der Waals surface area contributed by atoms with Crippen molar-refractivity contribution in [3.05, 3.63) is 47.3 Å². The zero-order chi connectivity index (χ0) is 24.0. The third-order valence-corrected chi connectivity index (χ3v) is 7.18. The number of urea groups is 1. The number of aromatic nitrogens is 2. The molecule has 1 aromatic carbocycles. The summed E-state index contributed by atoms with van der Waals surface area (Å²) in [4.78, 5) is 18.8. The van der Waals surface area contributed by atoms with E-state index >= 15 is 0 Å². The Kier molecular flexibility index (Phi) is 8.53. The van der Waals surface area contributed by atoms with E-state index in [-0.39, 0.29) is 35.5 Å². The second kappa shape index (κ2) is 11.2. The van der Waals surface area contributed by atoms with Crippen LogP contribution >= 0.6 is 0 Å². The Bertz CT molecular complexity index is 1040. The Balaban J connectivity index is 1.90. The fourth-order valence-electron chi connectivity index (χ4n) is 4.12. The Morgan fingerprint density at radius 1 is 1.36 bits per heavy atom. The maximum atomic E-state index is 13.3. The zero-order valence-corrected chi connectivity index (χ0v) is 20.9. The normalized spacial score (nSPS) is 16.3. The van der Waals surface area contributed by atoms with Crippen LogP contribution in [0.4, 0.5) is 4.79 Å². The fraction of sp³-hybridized carbons (Fsp3) is 0.583. The topological polar surface area (TPSA) is 93.5 Å². The molecule has 0 radical (unpaired) electrons. The van der Waals surface area contributed by atoms with Crippen LogP contribution < -0.4 is 5.32 Å². The number of benzene rings is 1. The third kappa shape index (κ3) is 6.80. The summed E-state index contributed by atoms with van der Waals surface area (Å²) in [7, 11) is -3.67. The molecule has 1 aliphatic heterocycles. The first-order chi connectivity index (χ1) is 15.7. The van der Waals surface area contributed by atoms with Gasteiger partial charge in [0, 0.05) is 26.2 Å². The molecule has 0 aliphatic carbocycles. The third-order valence-electron chi connectivity index (χ3n) is 5.58. The first kappa shape index (κ1) is 25.2. The molecule has 1 aliphatic rings. The number of carbonyl (C=O) groups excluding carboxylic acids is 1. The predicted octanol–water partition coefficient (Wildman–Crippen LogP) is 3.53. The number of nitrogens with zero attached hydrogens (tertiary/aromatic N) is 3. The molecule has 2 heterocycles. The molecule has 1 unspecified atom stereocenters. The first-order valence-corrected chi connectivity index (χ1v) is 13.3. The molecular formula is C24H36N4O4S. The minimum atomic E-state index is -3.67. The number of hydrogen-bond acceptors (Lipinski definition) is 5. The quantitative estimate of drug-likeness (QED) is 0.566. The van der Waals surface area contributed by atoms with Crippen LogP contribution in [0.2, 0.25) is 0 Å². The fourth-order valence-corrected chi connectivity index (χ4v) is 5.61. The SMILES string of the molecule is CCNC(=O)N(Cc1cnc(S(=O)(=O)Cc2cccc(C)c2)n1CC(C)C)CC1CCCO1. The van der Waals surface area contributed by atoms with Gasteiger partial charge >= 0.3 is 6.03 Å². The van der Waals surface area contributed by atoms with Crippen LogP contribution in [-0.4, -0.2) is 54.7 Å². The lowest BCUT2D eigenvalue weighted by Gasteiger charge is -2.26. The monoisotopic (exact) mass is 476 g/mol. The second-order valence-electron chi connectivity index (χ2n) is 9.14. The van der Waals surface area contributed by atoms with E-state index in [0.717, 1.165) is 24.0 Å². The van der Waals surface area contributed by atoms with Crippen LogP contribution in [0.1, 0.15) is 50.4 Å². The molecule has 1 saturated heterocycles. The number of carbonyl (C=O) groups is 1. The van der Waals surface area contributed by atoms with E-state index in [9.17, 15) is 13.2 Å². The van der Waals surface area contributed by atoms with Gasteiger partial charge in [-0.1, -0.05) is 43.7 Å². The largest absolute Gasteiger partial charge is 0.376 e. The molecule has 2 aromatic rings. The summed E-state index contributed by atoms with van der Waals surface area (Å²) in [6.07, 6.45) is 3.49. The molecular weight excluding hydrogens is 440 g/mol. The van der Waals surface area contributed by atoms with Crippen molar-refractivity contribution in [2.75, 3.05) is 19.7 Å². The van der Waals surface area contributed by atoms with Crippen molar-refractivity contribution in [2.45, 2.75) is 70.6 Å². The van der Waals surface area contributed by atoms with Crippen molar-refractivity contribution in [1.29, 1.82) is 0 Å². The van der Waals surface area contributed by atoms with Crippen LogP contribution in [0, 0.1) is 12.8 Å². The summed E-state index contributed by atoms with van der Waals surface area (Å²) in [6, 6.07) is 7.32. The van der Waals surface area contributed by atoms with Crippen LogP contribution in [0.3, 0.4) is 0 Å². The van der Waals surface area contributed by atoms with Gasteiger partial charge in [0.2, 0.25) is 15.0 Å². The molecule has 3 rings (SSSR count). The highest BCUT2D eigenvalue weighted by Gasteiger charge is 2.28. The van der Waals surface area contributed by atoms with E-state index in [1.54, 1.807) is 15.7 Å². The highest BCUT2D eigenvalue weighted by molar-refractivity contribution is 7.90. The second-order valence-corrected chi connectivity index (χ2v) is 11.0. The molecule has 0 saturated carbocycles. The standard InChI is InChI=1S/C24H36N4O4S/c1-5-25-23(29)27(16-22-10-7-11-32-22)15-21-13-26-24(28(21)14-18(2)3)33(30,31)17-20-9-6-8-19(4)12-20/h6,8-9,12-13,18,22H,5,7,10-11,14-17H2,1-4H3,(H,25,29). The van der Waals surface area contributed by atoms with E-state index in [1.807, 2.05) is 52.0 Å². The van der Waals surface area contributed by atoms with Gasteiger partial charge in [0.15, 0.2) is 0 Å². The number of ether oxygens (including phenoxy) is 1. The van der Waals surface area contributed by atoms with E-state index < -0.39 is 9.84 Å². The molecule has 0 spiro atoms. The lowest BCUT2D eigenvalue weighted by atomic mass is 10.2. The van der Waals surface area contributed by atoms with Crippen LogP contribution in [-0.2, 0) is 33.4 Å². The summed E-state index contributed by atoms with van der Waals surface area (Å²) in [6.45, 7) is 10.3. The number of aryl methyl sites for hydroxylation is 1. The zero-order valence-electron chi connectivity index (χ0n) is 20.1. The van der Waals surface area contributed by atoms with Crippen LogP contribution in [0.15, 0.2) is 35.6 Å². The van der Waals surface area contributed by atoms with E-state index in [0.29, 0.717) is 31.9 Å². The number of sulfone groups is 1. The van der Waals surface area contributed by atoms with E-state index in [2.05, 4.69) is 10.3 Å². The van der Waals surface area contributed by atoms with Crippen molar-refractivity contribution in [3.63, 3.8) is 0 Å². The lowest BCUT2D eigenvalue weighted by molar-refractivity contribution is 0.0789. The lowest BCUT2D eigenvalue weighted by Crippen LogP contribution is -2.43. The molecule has 9 heteroatoms. The minimum Gasteiger partial charge on any atom is -0.376 e. The average molecular weight is 477 g/mol. The molecule has 1 N–H and O–H groups in total. The maximum Gasteiger partial charge on any atom is 0.317 e. The van der Waals surface area contributed by atoms with Gasteiger partial charge in [0.05, 0.1) is 30.3 Å². The van der Waals surface area contributed by atoms with Crippen LogP contribution in [0.25, 0.3) is 0 Å². The molecule has 2 amide bonds. The minimum absolute atomic E-state index is 0.00130. The van der Waals surface area contributed by atoms with Crippen molar-refractivity contribution in [2.24, 2.45) is 5.92 Å². The van der Waals surface area contributed by atoms with Gasteiger partial charge in [0.25, 0.3) is 0 Å². The van der Waals surface area contributed by atoms with Gasteiger partial charge in [-0.3, -0.25) is 0 Å². The van der Waals surface area contributed by atoms with Crippen molar-refractivity contribution >= 4 is 15.9 Å². The number of imidazole rings is 1. The van der Waals surface area contributed by atoms with Crippen molar-refractivity contribution in [3.8, 4) is 0 Å². The van der Waals surface area contributed by atoms with Gasteiger partial charge < -0.3 is 19.5 Å². The molecule has 1 atom stereocenters. The van der Waals surface area contributed by atoms with Gasteiger partial charge in [-0.2, -0.15) is 0 Å². The van der Waals surface area contributed by atoms with Crippen LogP contribution in [0.5, 0.6) is 0 Å². The summed E-state index contributed by atoms with van der Waals surface area (Å²) < 4.78 is 34.2. The smallest absolute Gasteiger partial charge is 0.317 e. The van der Waals surface area contributed by atoms with Crippen molar-refractivity contribution in [1.82, 2.24) is 19.8 Å². The van der Waals surface area contributed by atoms with Gasteiger partial charge in [-0.05, 0) is 38.2 Å². The maximum absolute atomic E-state index is 13.3. The highest BCUT2D eigenvalue weighted by atomic mass is 32.2. The molecule has 1 fully saturated rings. The Hall–Kier alpha value is -2.39. The Morgan fingerprint density at radius 3 is 2.79 bits per heavy atom. The summed E-state index contributed by atoms with van der Waals surface area (Å²) >= 11 is 0. The Labute approximate surface area is 197 Å². The van der Waals surface area contributed by atoms with E-state index in [4.69, 9.17) is 4.74 Å². The van der Waals surface area contributed by atoms with Crippen molar-refractivity contribution < 1.29 is 17.9 Å². The highest BCUT2D eigenvalue weighted by Crippen LogP contribution is 2.22. The number of amides is 2. The summed E-state index contributed by atoms with van der Waals surface area (Å²) in [5.74, 6) is 0.0982. The molecule has 182 valence electrons. The molecule has 8 nitrogen and oxygen atoms in total.